The van der Waals surface area contributed by atoms with E-state index in [0.29, 0.717) is 6.54 Å². The first-order valence-corrected chi connectivity index (χ1v) is 12.8. The molecule has 2 aliphatic heterocycles. The van der Waals surface area contributed by atoms with E-state index in [-0.39, 0.29) is 36.9 Å². The molecule has 8 heteroatoms. The van der Waals surface area contributed by atoms with Crippen LogP contribution in [0, 0.1) is 5.92 Å². The second-order valence-electron chi connectivity index (χ2n) is 9.90. The van der Waals surface area contributed by atoms with E-state index in [1.165, 1.54) is 0 Å². The lowest BCUT2D eigenvalue weighted by Crippen LogP contribution is -2.77. The van der Waals surface area contributed by atoms with Crippen molar-refractivity contribution in [2.75, 3.05) is 25.0 Å². The lowest BCUT2D eigenvalue weighted by atomic mass is 9.92. The average molecular weight is 500 g/mol. The van der Waals surface area contributed by atoms with Gasteiger partial charge in [-0.25, -0.2) is 14.8 Å². The number of hydrogen-bond donors (Lipinski definition) is 1. The van der Waals surface area contributed by atoms with Crippen LogP contribution in [0.25, 0.3) is 10.8 Å². The van der Waals surface area contributed by atoms with Gasteiger partial charge in [-0.05, 0) is 34.4 Å². The molecule has 4 amide bonds. The van der Waals surface area contributed by atoms with Gasteiger partial charge in [-0.15, -0.1) is 0 Å². The predicted octanol–water partition coefficient (Wildman–Crippen LogP) is 3.83. The van der Waals surface area contributed by atoms with Gasteiger partial charge >= 0.3 is 6.03 Å². The van der Waals surface area contributed by atoms with Gasteiger partial charge in [0, 0.05) is 19.3 Å². The molecule has 3 aromatic carbocycles. The van der Waals surface area contributed by atoms with Gasteiger partial charge < -0.3 is 15.1 Å². The average Bonchev–Trinajstić information content (AvgIpc) is 2.91. The molecule has 2 aliphatic rings. The number of carbonyl (C=O) groups excluding carboxylic acids is 3. The number of fused-ring (bicyclic) bond motifs is 2. The number of piperazine rings is 1. The maximum atomic E-state index is 13.9. The highest BCUT2D eigenvalue weighted by Crippen LogP contribution is 2.33. The van der Waals surface area contributed by atoms with Crippen molar-refractivity contribution >= 4 is 34.3 Å². The molecule has 2 fully saturated rings. The predicted molar refractivity (Wildman–Crippen MR) is 143 cm³/mol. The highest BCUT2D eigenvalue weighted by molar-refractivity contribution is 6.03. The molecular weight excluding hydrogens is 466 g/mol. The lowest BCUT2D eigenvalue weighted by molar-refractivity contribution is -0.177. The summed E-state index contributed by atoms with van der Waals surface area (Å²) < 4.78 is 0. The van der Waals surface area contributed by atoms with Crippen LogP contribution in [-0.4, -0.2) is 65.1 Å². The van der Waals surface area contributed by atoms with Crippen molar-refractivity contribution in [1.82, 2.24) is 20.2 Å². The Bertz CT molecular complexity index is 1310. The molecule has 8 nitrogen and oxygen atoms in total. The standard InChI is InChI=1S/C29H33N5O3/c1-4-20(2)27-28(36)32(24-15-14-22-12-8-9-13-23(22)16-24)18-25-33(27)26(35)19-31(3)34(25)29(37)30-17-21-10-6-5-7-11-21/h5-16,20,25,27H,4,17-19H2,1-3H3,(H,30,37). The summed E-state index contributed by atoms with van der Waals surface area (Å²) in [5, 5.41) is 8.38. The van der Waals surface area contributed by atoms with Crippen LogP contribution in [-0.2, 0) is 16.1 Å². The fourth-order valence-corrected chi connectivity index (χ4v) is 5.37. The molecule has 3 atom stereocenters. The summed E-state index contributed by atoms with van der Waals surface area (Å²) in [6.07, 6.45) is 0.110. The van der Waals surface area contributed by atoms with Gasteiger partial charge in [0.1, 0.15) is 12.2 Å². The van der Waals surface area contributed by atoms with Crippen LogP contribution in [0.3, 0.4) is 0 Å². The molecule has 192 valence electrons. The van der Waals surface area contributed by atoms with Gasteiger partial charge in [0.05, 0.1) is 13.1 Å². The Morgan fingerprint density at radius 1 is 1.00 bits per heavy atom. The van der Waals surface area contributed by atoms with Gasteiger partial charge in [-0.1, -0.05) is 80.9 Å². The van der Waals surface area contributed by atoms with E-state index in [2.05, 4.69) is 5.32 Å². The van der Waals surface area contributed by atoms with Crippen LogP contribution in [0.4, 0.5) is 10.5 Å². The fourth-order valence-electron chi connectivity index (χ4n) is 5.37. The van der Waals surface area contributed by atoms with Crippen molar-refractivity contribution < 1.29 is 14.4 Å². The van der Waals surface area contributed by atoms with Gasteiger partial charge in [-0.2, -0.15) is 0 Å². The second-order valence-corrected chi connectivity index (χ2v) is 9.90. The first-order valence-electron chi connectivity index (χ1n) is 12.8. The number of likely N-dealkylation sites (N-methyl/N-ethyl adjacent to an activating group) is 1. The molecule has 37 heavy (non-hydrogen) atoms. The third-order valence-electron chi connectivity index (χ3n) is 7.51. The van der Waals surface area contributed by atoms with Crippen molar-refractivity contribution in [1.29, 1.82) is 0 Å². The van der Waals surface area contributed by atoms with E-state index in [9.17, 15) is 14.4 Å². The Balaban J connectivity index is 1.50. The van der Waals surface area contributed by atoms with Crippen LogP contribution < -0.4 is 10.2 Å². The smallest absolute Gasteiger partial charge is 0.333 e. The molecule has 2 heterocycles. The Kier molecular flexibility index (Phi) is 6.84. The molecule has 0 radical (unpaired) electrons. The summed E-state index contributed by atoms with van der Waals surface area (Å²) in [6.45, 7) is 4.61. The second kappa shape index (κ2) is 10.2. The van der Waals surface area contributed by atoms with Gasteiger partial charge in [0.25, 0.3) is 0 Å². The zero-order valence-corrected chi connectivity index (χ0v) is 21.5. The monoisotopic (exact) mass is 499 g/mol. The van der Waals surface area contributed by atoms with Gasteiger partial charge in [0.2, 0.25) is 11.8 Å². The quantitative estimate of drug-likeness (QED) is 0.579. The summed E-state index contributed by atoms with van der Waals surface area (Å²) in [4.78, 5) is 44.2. The molecule has 0 aromatic heterocycles. The minimum atomic E-state index is -0.652. The van der Waals surface area contributed by atoms with E-state index in [4.69, 9.17) is 0 Å². The number of benzene rings is 3. The maximum absolute atomic E-state index is 13.9. The molecule has 0 saturated carbocycles. The molecular formula is C29H33N5O3. The molecule has 0 spiro atoms. The van der Waals surface area contributed by atoms with Gasteiger partial charge in [0.15, 0.2) is 0 Å². The van der Waals surface area contributed by atoms with Crippen molar-refractivity contribution in [3.8, 4) is 0 Å². The summed E-state index contributed by atoms with van der Waals surface area (Å²) in [7, 11) is 1.74. The van der Waals surface area contributed by atoms with E-state index >= 15 is 0 Å². The zero-order valence-electron chi connectivity index (χ0n) is 21.5. The first-order chi connectivity index (χ1) is 17.9. The number of nitrogens with one attached hydrogen (secondary N) is 1. The number of nitrogens with zero attached hydrogens (tertiary/aromatic N) is 4. The Hall–Kier alpha value is -3.91. The third-order valence-corrected chi connectivity index (χ3v) is 7.51. The van der Waals surface area contributed by atoms with Crippen LogP contribution in [0.1, 0.15) is 25.8 Å². The Morgan fingerprint density at radius 3 is 2.43 bits per heavy atom. The minimum absolute atomic E-state index is 0.0332. The van der Waals surface area contributed by atoms with Crippen LogP contribution in [0.2, 0.25) is 0 Å². The number of amides is 4. The lowest BCUT2D eigenvalue weighted by Gasteiger charge is -2.55. The zero-order chi connectivity index (χ0) is 26.1. The van der Waals surface area contributed by atoms with Crippen molar-refractivity contribution in [2.45, 2.75) is 39.0 Å². The van der Waals surface area contributed by atoms with E-state index in [1.54, 1.807) is 26.9 Å². The van der Waals surface area contributed by atoms with Crippen LogP contribution in [0.15, 0.2) is 72.8 Å². The number of rotatable bonds is 5. The number of anilines is 1. The molecule has 3 unspecified atom stereocenters. The van der Waals surface area contributed by atoms with Gasteiger partial charge in [-0.3, -0.25) is 9.59 Å². The molecule has 3 aromatic rings. The van der Waals surface area contributed by atoms with E-state index < -0.39 is 12.2 Å². The largest absolute Gasteiger partial charge is 0.334 e. The summed E-state index contributed by atoms with van der Waals surface area (Å²) in [6, 6.07) is 22.7. The minimum Gasteiger partial charge on any atom is -0.333 e. The number of hydrogen-bond acceptors (Lipinski definition) is 4. The molecule has 0 aliphatic carbocycles. The van der Waals surface area contributed by atoms with Crippen LogP contribution >= 0.6 is 0 Å². The summed E-state index contributed by atoms with van der Waals surface area (Å²) >= 11 is 0. The Morgan fingerprint density at radius 2 is 1.70 bits per heavy atom. The topological polar surface area (TPSA) is 76.2 Å². The van der Waals surface area contributed by atoms with E-state index in [1.807, 2.05) is 86.6 Å². The highest BCUT2D eigenvalue weighted by Gasteiger charge is 2.52. The molecule has 1 N–H and O–H groups in total. The fraction of sp³-hybridized carbons (Fsp3) is 0.345. The number of urea groups is 1. The third kappa shape index (κ3) is 4.64. The number of hydrazine groups is 1. The molecule has 5 rings (SSSR count). The summed E-state index contributed by atoms with van der Waals surface area (Å²) in [5.41, 5.74) is 1.75. The van der Waals surface area contributed by atoms with Crippen molar-refractivity contribution in [3.63, 3.8) is 0 Å². The van der Waals surface area contributed by atoms with E-state index in [0.717, 1.165) is 28.4 Å². The summed E-state index contributed by atoms with van der Waals surface area (Å²) in [5.74, 6) is -0.320. The Labute approximate surface area is 217 Å². The van der Waals surface area contributed by atoms with Crippen molar-refractivity contribution in [2.24, 2.45) is 5.92 Å². The molecule has 0 bridgehead atoms. The maximum Gasteiger partial charge on any atom is 0.334 e. The first kappa shape index (κ1) is 24.8. The molecule has 2 saturated heterocycles. The SMILES string of the molecule is CCC(C)C1C(=O)N(c2ccc3ccccc3c2)CC2N1C(=O)CN(C)N2C(=O)NCc1ccccc1. The van der Waals surface area contributed by atoms with Crippen LogP contribution in [0.5, 0.6) is 0 Å². The normalized spacial score (nSPS) is 21.2. The highest BCUT2D eigenvalue weighted by atomic mass is 16.2. The van der Waals surface area contributed by atoms with Crippen molar-refractivity contribution in [3.05, 3.63) is 78.4 Å². The number of carbonyl (C=O) groups is 3.